The van der Waals surface area contributed by atoms with Gasteiger partial charge in [-0.25, -0.2) is 4.57 Å². The third kappa shape index (κ3) is 25.0. The van der Waals surface area contributed by atoms with Crippen LogP contribution in [-0.4, -0.2) is 127 Å². The van der Waals surface area contributed by atoms with Gasteiger partial charge in [-0.15, -0.1) is 0 Å². The van der Waals surface area contributed by atoms with E-state index in [4.69, 9.17) is 18.5 Å². The molecular formula is C49H87O16P. The average molecular weight is 963 g/mol. The van der Waals surface area contributed by atoms with Gasteiger partial charge in [-0.1, -0.05) is 141 Å². The summed E-state index contributed by atoms with van der Waals surface area (Å²) in [6, 6.07) is 0. The van der Waals surface area contributed by atoms with Crippen molar-refractivity contribution in [2.45, 2.75) is 242 Å². The van der Waals surface area contributed by atoms with Gasteiger partial charge in [-0.2, -0.15) is 0 Å². The summed E-state index contributed by atoms with van der Waals surface area (Å²) in [6.45, 7) is 2.84. The molecule has 2 fully saturated rings. The van der Waals surface area contributed by atoms with E-state index in [1.54, 1.807) is 0 Å². The Balaban J connectivity index is 2.08. The molecule has 1 saturated carbocycles. The van der Waals surface area contributed by atoms with Crippen LogP contribution in [0, 0.1) is 11.8 Å². The molecule has 16 nitrogen and oxygen atoms in total. The van der Waals surface area contributed by atoms with Gasteiger partial charge in [0.05, 0.1) is 31.0 Å². The van der Waals surface area contributed by atoms with Crippen molar-refractivity contribution in [2.24, 2.45) is 11.8 Å². The number of rotatable bonds is 25. The molecule has 8 N–H and O–H groups in total. The Hall–Kier alpha value is -2.08. The third-order valence-corrected chi connectivity index (χ3v) is 13.6. The van der Waals surface area contributed by atoms with Crippen LogP contribution >= 0.6 is 7.82 Å². The molecule has 1 saturated heterocycles. The Kier molecular flexibility index (Phi) is 31.9. The van der Waals surface area contributed by atoms with Crippen molar-refractivity contribution in [2.75, 3.05) is 13.2 Å². The molecular weight excluding hydrogens is 875 g/mol. The molecule has 0 aromatic rings. The number of phosphoric acid groups is 1. The van der Waals surface area contributed by atoms with Crippen LogP contribution in [0.25, 0.3) is 0 Å². The van der Waals surface area contributed by atoms with Gasteiger partial charge in [0.1, 0.15) is 36.8 Å². The van der Waals surface area contributed by atoms with E-state index < -0.39 is 112 Å². The van der Waals surface area contributed by atoms with Crippen molar-refractivity contribution in [3.63, 3.8) is 0 Å². The number of ketones is 1. The van der Waals surface area contributed by atoms with Crippen LogP contribution in [0.1, 0.15) is 187 Å². The van der Waals surface area contributed by atoms with Crippen molar-refractivity contribution in [3.05, 3.63) is 24.3 Å². The van der Waals surface area contributed by atoms with Crippen LogP contribution in [-0.2, 0) is 37.5 Å². The van der Waals surface area contributed by atoms with Gasteiger partial charge < -0.3 is 50.1 Å². The summed E-state index contributed by atoms with van der Waals surface area (Å²) in [5.74, 6) is -4.86. The lowest BCUT2D eigenvalue weighted by Gasteiger charge is -2.36. The number of hydrogen-bond acceptors (Lipinski definition) is 15. The minimum atomic E-state index is -5.44. The van der Waals surface area contributed by atoms with Crippen LogP contribution < -0.4 is 0 Å². The fourth-order valence-corrected chi connectivity index (χ4v) is 9.46. The lowest BCUT2D eigenvalue weighted by atomic mass is 9.83. The van der Waals surface area contributed by atoms with Gasteiger partial charge in [0.25, 0.3) is 0 Å². The number of allylic oxidation sites excluding steroid dienone is 2. The fraction of sp³-hybridized carbons (Fsp3) is 0.857. The SMILES string of the molecule is CCCCCCCC/C=C\CCCCCCCCCC(=O)OC[C@@H]1COP(=O)(O)O[C@H]2[C@H](O)[C@@H](O)[C@H](O)[C@@H](CCCCCCC(=O)O1)C(=O)C[C@@H](O)[C@H](/C=C/[C@@H](O)CCCCC)[C@@H](O)[C@H]2O. The summed E-state index contributed by atoms with van der Waals surface area (Å²) >= 11 is 0. The van der Waals surface area contributed by atoms with Crippen molar-refractivity contribution in [3.8, 4) is 0 Å². The summed E-state index contributed by atoms with van der Waals surface area (Å²) in [5, 5.41) is 78.6. The van der Waals surface area contributed by atoms with Crippen molar-refractivity contribution in [1.82, 2.24) is 0 Å². The van der Waals surface area contributed by atoms with Gasteiger partial charge in [0, 0.05) is 31.1 Å². The average Bonchev–Trinajstić information content (AvgIpc) is 3.28. The Morgan fingerprint density at radius 3 is 1.97 bits per heavy atom. The van der Waals surface area contributed by atoms with Crippen LogP contribution in [0.3, 0.4) is 0 Å². The molecule has 2 bridgehead atoms. The highest BCUT2D eigenvalue weighted by atomic mass is 31.2. The maximum atomic E-state index is 13.6. The number of carbonyl (C=O) groups excluding carboxylic acids is 3. The van der Waals surface area contributed by atoms with Crippen LogP contribution in [0.5, 0.6) is 0 Å². The molecule has 0 aromatic heterocycles. The molecule has 2 aliphatic rings. The van der Waals surface area contributed by atoms with Crippen molar-refractivity contribution >= 4 is 25.5 Å². The number of esters is 2. The quantitative estimate of drug-likeness (QED) is 0.0198. The Bertz CT molecular complexity index is 1430. The summed E-state index contributed by atoms with van der Waals surface area (Å²) in [7, 11) is -5.44. The second-order valence-electron chi connectivity index (χ2n) is 18.4. The molecule has 0 spiro atoms. The number of fused-ring (bicyclic) bond motifs is 4. The molecule has 0 aromatic carbocycles. The predicted octanol–water partition coefficient (Wildman–Crippen LogP) is 6.98. The van der Waals surface area contributed by atoms with Gasteiger partial charge in [0.2, 0.25) is 0 Å². The first kappa shape index (κ1) is 60.0. The number of Topliss-reactive ketones (excluding diaryl/α,β-unsaturated/α-hetero) is 1. The first-order chi connectivity index (χ1) is 31.6. The molecule has 1 aliphatic heterocycles. The maximum Gasteiger partial charge on any atom is 0.472 e. The highest BCUT2D eigenvalue weighted by molar-refractivity contribution is 7.47. The second-order valence-corrected chi connectivity index (χ2v) is 19.9. The zero-order valence-electron chi connectivity index (χ0n) is 40.0. The minimum absolute atomic E-state index is 0.0270. The number of hydrogen-bond donors (Lipinski definition) is 8. The largest absolute Gasteiger partial charge is 0.472 e. The second kappa shape index (κ2) is 35.1. The highest BCUT2D eigenvalue weighted by Crippen LogP contribution is 2.47. The molecule has 66 heavy (non-hydrogen) atoms. The van der Waals surface area contributed by atoms with Crippen LogP contribution in [0.2, 0.25) is 0 Å². The molecule has 384 valence electrons. The number of ether oxygens (including phenoxy) is 2. The van der Waals surface area contributed by atoms with E-state index in [1.807, 2.05) is 6.92 Å². The first-order valence-electron chi connectivity index (χ1n) is 25.2. The van der Waals surface area contributed by atoms with Gasteiger partial charge in [0.15, 0.2) is 6.10 Å². The molecule has 0 amide bonds. The number of cyclic esters (lactones) is 1. The highest BCUT2D eigenvalue weighted by Gasteiger charge is 2.49. The van der Waals surface area contributed by atoms with Crippen molar-refractivity contribution in [1.29, 1.82) is 0 Å². The zero-order chi connectivity index (χ0) is 48.7. The summed E-state index contributed by atoms with van der Waals surface area (Å²) in [5.41, 5.74) is 0. The lowest BCUT2D eigenvalue weighted by Crippen LogP contribution is -2.55. The summed E-state index contributed by atoms with van der Waals surface area (Å²) in [6.07, 6.45) is 10.1. The molecule has 1 heterocycles. The number of carbonyl (C=O) groups is 3. The predicted molar refractivity (Wildman–Crippen MR) is 250 cm³/mol. The topological polar surface area (TPSA) is 267 Å². The number of aliphatic hydroxyl groups is 7. The number of aliphatic hydroxyl groups excluding tert-OH is 7. The van der Waals surface area contributed by atoms with E-state index in [2.05, 4.69) is 19.1 Å². The van der Waals surface area contributed by atoms with E-state index in [9.17, 15) is 59.6 Å². The maximum absolute atomic E-state index is 13.6. The third-order valence-electron chi connectivity index (χ3n) is 12.7. The molecule has 17 heteroatoms. The van der Waals surface area contributed by atoms with E-state index >= 15 is 0 Å². The van der Waals surface area contributed by atoms with E-state index in [1.165, 1.54) is 50.7 Å². The first-order valence-corrected chi connectivity index (χ1v) is 26.7. The summed E-state index contributed by atoms with van der Waals surface area (Å²) in [4.78, 5) is 50.1. The van der Waals surface area contributed by atoms with Crippen molar-refractivity contribution < 1.29 is 78.1 Å². The Morgan fingerprint density at radius 1 is 0.742 bits per heavy atom. The number of phosphoric ester groups is 1. The molecule has 1 aliphatic carbocycles. The molecule has 12 atom stereocenters. The molecule has 2 rings (SSSR count). The van der Waals surface area contributed by atoms with Crippen LogP contribution in [0.4, 0.5) is 0 Å². The van der Waals surface area contributed by atoms with E-state index in [-0.39, 0.29) is 19.3 Å². The fourth-order valence-electron chi connectivity index (χ4n) is 8.49. The smallest absolute Gasteiger partial charge is 0.462 e. The monoisotopic (exact) mass is 963 g/mol. The van der Waals surface area contributed by atoms with Gasteiger partial charge in [-0.05, 0) is 51.4 Å². The molecule has 0 radical (unpaired) electrons. The van der Waals surface area contributed by atoms with Gasteiger partial charge in [-0.3, -0.25) is 23.4 Å². The lowest BCUT2D eigenvalue weighted by molar-refractivity contribution is -0.166. The normalized spacial score (nSPS) is 30.8. The van der Waals surface area contributed by atoms with E-state index in [0.29, 0.717) is 44.9 Å². The van der Waals surface area contributed by atoms with E-state index in [0.717, 1.165) is 64.2 Å². The molecule has 1 unspecified atom stereocenters. The number of unbranched alkanes of at least 4 members (excludes halogenated alkanes) is 15. The zero-order valence-corrected chi connectivity index (χ0v) is 40.9. The Labute approximate surface area is 394 Å². The van der Waals surface area contributed by atoms with Gasteiger partial charge >= 0.3 is 19.8 Å². The van der Waals surface area contributed by atoms with Crippen LogP contribution in [0.15, 0.2) is 24.3 Å². The standard InChI is InChI=1S/C49H87O16P/c1-3-5-7-8-9-10-11-12-13-14-15-16-17-18-19-20-25-29-42(53)62-34-37-35-63-66(60,61)65-49-47(58)45(56)39(32-31-36(50)27-23-6-4-2)41(52)33-40(51)38(44(55)46(57)48(49)59)28-24-21-22-26-30-43(54)64-37/h12-13,31-32,36-39,41,44-50,52,55-59H,3-11,14-30,33-35H2,1-2H3,(H,60,61)/b13-12-,32-31+/t36-,37+,38-,39-,41+,44+,45+,46-,47+,48+,49+/m0/s1. The minimum Gasteiger partial charge on any atom is -0.462 e. The summed E-state index contributed by atoms with van der Waals surface area (Å²) < 4.78 is 34.7. The Morgan fingerprint density at radius 2 is 1.32 bits per heavy atom.